The van der Waals surface area contributed by atoms with Crippen molar-refractivity contribution < 1.29 is 14.3 Å². The SMILES string of the molecule is COCC(=O)N1CCC(C(=O)N2CCC2c2cccs2)CC1. The third kappa shape index (κ3) is 3.03. The lowest BCUT2D eigenvalue weighted by molar-refractivity contribution is -0.147. The number of ether oxygens (including phenoxy) is 1. The lowest BCUT2D eigenvalue weighted by atomic mass is 9.91. The molecule has 0 saturated carbocycles. The van der Waals surface area contributed by atoms with Crippen LogP contribution in [0.15, 0.2) is 17.5 Å². The van der Waals surface area contributed by atoms with Crippen LogP contribution in [-0.2, 0) is 14.3 Å². The van der Waals surface area contributed by atoms with Gasteiger partial charge < -0.3 is 14.5 Å². The van der Waals surface area contributed by atoms with Gasteiger partial charge in [0.2, 0.25) is 11.8 Å². The number of amides is 2. The topological polar surface area (TPSA) is 49.9 Å². The summed E-state index contributed by atoms with van der Waals surface area (Å²) in [6, 6.07) is 4.43. The maximum Gasteiger partial charge on any atom is 0.248 e. The molecule has 1 atom stereocenters. The summed E-state index contributed by atoms with van der Waals surface area (Å²) in [6.07, 6.45) is 2.60. The first-order chi connectivity index (χ1) is 10.7. The van der Waals surface area contributed by atoms with Crippen molar-refractivity contribution in [2.75, 3.05) is 33.4 Å². The second kappa shape index (κ2) is 6.79. The molecule has 0 radical (unpaired) electrons. The van der Waals surface area contributed by atoms with Gasteiger partial charge in [-0.3, -0.25) is 9.59 Å². The van der Waals surface area contributed by atoms with E-state index in [1.54, 1.807) is 16.2 Å². The number of nitrogens with zero attached hydrogens (tertiary/aromatic N) is 2. The lowest BCUT2D eigenvalue weighted by Crippen LogP contribution is -2.50. The third-order valence-corrected chi connectivity index (χ3v) is 5.61. The van der Waals surface area contributed by atoms with Gasteiger partial charge in [-0.15, -0.1) is 11.3 Å². The molecule has 3 rings (SSSR count). The van der Waals surface area contributed by atoms with Gasteiger partial charge in [-0.05, 0) is 30.7 Å². The highest BCUT2D eigenvalue weighted by molar-refractivity contribution is 7.10. The minimum Gasteiger partial charge on any atom is -0.375 e. The molecule has 120 valence electrons. The van der Waals surface area contributed by atoms with Crippen LogP contribution in [0.4, 0.5) is 0 Å². The summed E-state index contributed by atoms with van der Waals surface area (Å²) in [5.41, 5.74) is 0. The largest absolute Gasteiger partial charge is 0.375 e. The Morgan fingerprint density at radius 2 is 2.05 bits per heavy atom. The highest BCUT2D eigenvalue weighted by Gasteiger charge is 2.38. The molecule has 0 N–H and O–H groups in total. The number of hydrogen-bond acceptors (Lipinski definition) is 4. The summed E-state index contributed by atoms with van der Waals surface area (Å²) >= 11 is 1.72. The molecule has 5 nitrogen and oxygen atoms in total. The maximum atomic E-state index is 12.7. The highest BCUT2D eigenvalue weighted by Crippen LogP contribution is 2.37. The molecule has 0 bridgehead atoms. The van der Waals surface area contributed by atoms with Gasteiger partial charge in [0, 0.05) is 37.5 Å². The first-order valence-corrected chi connectivity index (χ1v) is 8.69. The van der Waals surface area contributed by atoms with Gasteiger partial charge in [-0.2, -0.15) is 0 Å². The Balaban J connectivity index is 1.53. The predicted octanol–water partition coefficient (Wildman–Crippen LogP) is 1.91. The van der Waals surface area contributed by atoms with Crippen molar-refractivity contribution >= 4 is 23.2 Å². The molecular weight excluding hydrogens is 300 g/mol. The molecule has 2 fully saturated rings. The molecule has 2 amide bonds. The Hall–Kier alpha value is -1.40. The van der Waals surface area contributed by atoms with Crippen molar-refractivity contribution in [3.05, 3.63) is 22.4 Å². The van der Waals surface area contributed by atoms with Crippen LogP contribution in [0.1, 0.15) is 30.2 Å². The van der Waals surface area contributed by atoms with Crippen molar-refractivity contribution in [3.63, 3.8) is 0 Å². The first kappa shape index (κ1) is 15.5. The highest BCUT2D eigenvalue weighted by atomic mass is 32.1. The van der Waals surface area contributed by atoms with Crippen LogP contribution in [0.25, 0.3) is 0 Å². The van der Waals surface area contributed by atoms with Gasteiger partial charge in [0.05, 0.1) is 6.04 Å². The molecule has 1 aromatic rings. The van der Waals surface area contributed by atoms with Gasteiger partial charge in [0.25, 0.3) is 0 Å². The van der Waals surface area contributed by atoms with Crippen LogP contribution in [0.2, 0.25) is 0 Å². The summed E-state index contributed by atoms with van der Waals surface area (Å²) in [4.78, 5) is 29.6. The van der Waals surface area contributed by atoms with Crippen molar-refractivity contribution in [2.45, 2.75) is 25.3 Å². The summed E-state index contributed by atoms with van der Waals surface area (Å²) < 4.78 is 4.89. The maximum absolute atomic E-state index is 12.7. The third-order valence-electron chi connectivity index (χ3n) is 4.64. The van der Waals surface area contributed by atoms with Gasteiger partial charge in [0.15, 0.2) is 0 Å². The van der Waals surface area contributed by atoms with Crippen LogP contribution >= 0.6 is 11.3 Å². The second-order valence-electron chi connectivity index (χ2n) is 5.94. The molecule has 0 spiro atoms. The van der Waals surface area contributed by atoms with Crippen LogP contribution < -0.4 is 0 Å². The Bertz CT molecular complexity index is 524. The average molecular weight is 322 g/mol. The molecule has 1 aromatic heterocycles. The van der Waals surface area contributed by atoms with Gasteiger partial charge >= 0.3 is 0 Å². The zero-order valence-corrected chi connectivity index (χ0v) is 13.7. The van der Waals surface area contributed by atoms with Crippen molar-refractivity contribution in [2.24, 2.45) is 5.92 Å². The second-order valence-corrected chi connectivity index (χ2v) is 6.92. The molecule has 2 saturated heterocycles. The first-order valence-electron chi connectivity index (χ1n) is 7.81. The minimum atomic E-state index is 0.0220. The van der Waals surface area contributed by atoms with Crippen molar-refractivity contribution in [1.29, 1.82) is 0 Å². The Morgan fingerprint density at radius 1 is 1.27 bits per heavy atom. The van der Waals surface area contributed by atoms with Crippen LogP contribution in [0.5, 0.6) is 0 Å². The van der Waals surface area contributed by atoms with E-state index in [0.29, 0.717) is 13.1 Å². The van der Waals surface area contributed by atoms with Crippen LogP contribution in [0, 0.1) is 5.92 Å². The Kier molecular flexibility index (Phi) is 4.78. The predicted molar refractivity (Wildman–Crippen MR) is 84.6 cm³/mol. The van der Waals surface area contributed by atoms with Crippen molar-refractivity contribution in [3.8, 4) is 0 Å². The van der Waals surface area contributed by atoms with Crippen LogP contribution in [0.3, 0.4) is 0 Å². The van der Waals surface area contributed by atoms with Crippen LogP contribution in [-0.4, -0.2) is 55.0 Å². The van der Waals surface area contributed by atoms with E-state index in [2.05, 4.69) is 11.4 Å². The monoisotopic (exact) mass is 322 g/mol. The smallest absolute Gasteiger partial charge is 0.248 e. The fraction of sp³-hybridized carbons (Fsp3) is 0.625. The zero-order valence-electron chi connectivity index (χ0n) is 12.9. The van der Waals surface area contributed by atoms with Gasteiger partial charge in [0.1, 0.15) is 6.61 Å². The number of hydrogen-bond donors (Lipinski definition) is 0. The molecule has 6 heteroatoms. The zero-order chi connectivity index (χ0) is 15.5. The van der Waals surface area contributed by atoms with Gasteiger partial charge in [-0.1, -0.05) is 6.07 Å². The summed E-state index contributed by atoms with van der Waals surface area (Å²) in [7, 11) is 1.53. The molecule has 3 heterocycles. The number of rotatable bonds is 4. The number of carbonyl (C=O) groups excluding carboxylic acids is 2. The average Bonchev–Trinajstić information content (AvgIpc) is 3.00. The number of piperidine rings is 1. The Labute approximate surface area is 134 Å². The fourth-order valence-corrected chi connectivity index (χ4v) is 4.13. The van der Waals surface area contributed by atoms with E-state index < -0.39 is 0 Å². The van der Waals surface area contributed by atoms with E-state index in [9.17, 15) is 9.59 Å². The lowest BCUT2D eigenvalue weighted by Gasteiger charge is -2.43. The molecule has 2 aliphatic rings. The minimum absolute atomic E-state index is 0.0220. The van der Waals surface area contributed by atoms with Crippen molar-refractivity contribution in [1.82, 2.24) is 9.80 Å². The molecule has 22 heavy (non-hydrogen) atoms. The number of carbonyl (C=O) groups is 2. The molecule has 2 aliphatic heterocycles. The number of thiophene rings is 1. The summed E-state index contributed by atoms with van der Waals surface area (Å²) in [5.74, 6) is 0.353. The van der Waals surface area contributed by atoms with E-state index in [1.807, 2.05) is 11.0 Å². The standard InChI is InChI=1S/C16H22N2O3S/c1-21-11-15(19)17-7-4-12(5-8-17)16(20)18-9-6-13(18)14-3-2-10-22-14/h2-3,10,12-13H,4-9,11H2,1H3. The summed E-state index contributed by atoms with van der Waals surface area (Å²) in [6.45, 7) is 2.32. The summed E-state index contributed by atoms with van der Waals surface area (Å²) in [5, 5.41) is 2.07. The molecule has 1 unspecified atom stereocenters. The van der Waals surface area contributed by atoms with E-state index in [0.717, 1.165) is 25.8 Å². The normalized spacial score (nSPS) is 22.5. The quantitative estimate of drug-likeness (QED) is 0.851. The molecular formula is C16H22N2O3S. The van der Waals surface area contributed by atoms with Gasteiger partial charge in [-0.25, -0.2) is 0 Å². The molecule has 0 aliphatic carbocycles. The number of likely N-dealkylation sites (tertiary alicyclic amines) is 2. The van der Waals surface area contributed by atoms with E-state index in [4.69, 9.17) is 4.74 Å². The number of methoxy groups -OCH3 is 1. The Morgan fingerprint density at radius 3 is 2.59 bits per heavy atom. The molecule has 0 aromatic carbocycles. The van der Waals surface area contributed by atoms with E-state index in [1.165, 1.54) is 12.0 Å². The fourth-order valence-electron chi connectivity index (χ4n) is 3.25. The van der Waals surface area contributed by atoms with E-state index in [-0.39, 0.29) is 30.4 Å². The van der Waals surface area contributed by atoms with E-state index >= 15 is 0 Å².